The summed E-state index contributed by atoms with van der Waals surface area (Å²) in [5, 5.41) is 10.7. The van der Waals surface area contributed by atoms with Crippen molar-refractivity contribution in [2.24, 2.45) is 11.1 Å². The Morgan fingerprint density at radius 3 is 2.86 bits per heavy atom. The zero-order valence-electron chi connectivity index (χ0n) is 13.2. The van der Waals surface area contributed by atoms with E-state index in [-0.39, 0.29) is 17.4 Å². The van der Waals surface area contributed by atoms with E-state index in [4.69, 9.17) is 10.5 Å². The zero-order valence-corrected chi connectivity index (χ0v) is 13.2. The molecule has 3 N–H and O–H groups in total. The maximum atomic E-state index is 12.5. The monoisotopic (exact) mass is 295 g/mol. The van der Waals surface area contributed by atoms with Crippen molar-refractivity contribution in [3.63, 3.8) is 0 Å². The zero-order chi connectivity index (χ0) is 15.7. The van der Waals surface area contributed by atoms with Crippen LogP contribution in [0.2, 0.25) is 0 Å². The van der Waals surface area contributed by atoms with Crippen molar-refractivity contribution in [1.82, 2.24) is 20.1 Å². The van der Waals surface area contributed by atoms with Crippen LogP contribution in [-0.2, 0) is 22.6 Å². The SMILES string of the molecule is CCOC1CC(N)(C(=O)NCc2nncn2CC)C1(C)C. The summed E-state index contributed by atoms with van der Waals surface area (Å²) in [7, 11) is 0. The average Bonchev–Trinajstić information content (AvgIpc) is 2.91. The highest BCUT2D eigenvalue weighted by Gasteiger charge is 2.62. The van der Waals surface area contributed by atoms with Gasteiger partial charge in [-0.1, -0.05) is 13.8 Å². The number of aryl methyl sites for hydroxylation is 1. The van der Waals surface area contributed by atoms with Crippen molar-refractivity contribution < 1.29 is 9.53 Å². The molecule has 21 heavy (non-hydrogen) atoms. The molecule has 1 aromatic rings. The van der Waals surface area contributed by atoms with Gasteiger partial charge in [-0.3, -0.25) is 4.79 Å². The molecule has 7 heteroatoms. The molecule has 0 aromatic carbocycles. The third-order valence-electron chi connectivity index (χ3n) is 4.68. The number of rotatable bonds is 6. The predicted molar refractivity (Wildman–Crippen MR) is 78.3 cm³/mol. The number of aromatic nitrogens is 3. The molecule has 0 aliphatic heterocycles. The molecule has 118 valence electrons. The lowest BCUT2D eigenvalue weighted by molar-refractivity contribution is -0.170. The summed E-state index contributed by atoms with van der Waals surface area (Å²) in [4.78, 5) is 12.5. The molecule has 1 saturated carbocycles. The van der Waals surface area contributed by atoms with Gasteiger partial charge >= 0.3 is 0 Å². The first kappa shape index (κ1) is 15.9. The second-order valence-electron chi connectivity index (χ2n) is 6.06. The summed E-state index contributed by atoms with van der Waals surface area (Å²) in [6.07, 6.45) is 2.22. The van der Waals surface area contributed by atoms with E-state index in [0.29, 0.717) is 19.6 Å². The van der Waals surface area contributed by atoms with Crippen LogP contribution < -0.4 is 11.1 Å². The molecule has 0 radical (unpaired) electrons. The lowest BCUT2D eigenvalue weighted by atomic mass is 9.54. The largest absolute Gasteiger partial charge is 0.378 e. The normalized spacial score (nSPS) is 27.2. The van der Waals surface area contributed by atoms with Gasteiger partial charge in [-0.15, -0.1) is 10.2 Å². The van der Waals surface area contributed by atoms with Gasteiger partial charge in [-0.25, -0.2) is 0 Å². The maximum Gasteiger partial charge on any atom is 0.241 e. The standard InChI is InChI=1S/C14H25N5O2/c1-5-19-9-17-18-11(19)8-16-12(20)14(15)7-10(21-6-2)13(14,3)4/h9-10H,5-8,15H2,1-4H3,(H,16,20). The fourth-order valence-electron chi connectivity index (χ4n) is 2.82. The molecule has 1 aliphatic carbocycles. The molecule has 1 aliphatic rings. The highest BCUT2D eigenvalue weighted by molar-refractivity contribution is 5.88. The molecule has 1 amide bonds. The highest BCUT2D eigenvalue weighted by atomic mass is 16.5. The van der Waals surface area contributed by atoms with Crippen molar-refractivity contribution in [2.45, 2.75) is 58.8 Å². The summed E-state index contributed by atoms with van der Waals surface area (Å²) >= 11 is 0. The molecule has 1 fully saturated rings. The number of amides is 1. The fraction of sp³-hybridized carbons (Fsp3) is 0.786. The Bertz CT molecular complexity index is 513. The lowest BCUT2D eigenvalue weighted by Gasteiger charge is -2.57. The molecule has 0 saturated heterocycles. The molecule has 2 rings (SSSR count). The van der Waals surface area contributed by atoms with E-state index in [1.807, 2.05) is 32.3 Å². The van der Waals surface area contributed by atoms with Crippen LogP contribution in [0, 0.1) is 5.41 Å². The van der Waals surface area contributed by atoms with Gasteiger partial charge in [0.1, 0.15) is 11.9 Å². The van der Waals surface area contributed by atoms with E-state index in [9.17, 15) is 4.79 Å². The Balaban J connectivity index is 1.98. The van der Waals surface area contributed by atoms with Gasteiger partial charge in [0.25, 0.3) is 0 Å². The minimum atomic E-state index is -0.899. The quantitative estimate of drug-likeness (QED) is 0.794. The molecule has 1 heterocycles. The van der Waals surface area contributed by atoms with E-state index in [0.717, 1.165) is 12.4 Å². The van der Waals surface area contributed by atoms with Crippen LogP contribution in [0.25, 0.3) is 0 Å². The van der Waals surface area contributed by atoms with Gasteiger partial charge in [-0.05, 0) is 13.8 Å². The van der Waals surface area contributed by atoms with Gasteiger partial charge in [0.2, 0.25) is 5.91 Å². The third kappa shape index (κ3) is 2.55. The minimum Gasteiger partial charge on any atom is -0.378 e. The van der Waals surface area contributed by atoms with Crippen LogP contribution in [0.5, 0.6) is 0 Å². The topological polar surface area (TPSA) is 95.1 Å². The number of ether oxygens (including phenoxy) is 1. The molecule has 2 unspecified atom stereocenters. The Kier molecular flexibility index (Phi) is 4.34. The van der Waals surface area contributed by atoms with Crippen molar-refractivity contribution >= 4 is 5.91 Å². The molecular weight excluding hydrogens is 270 g/mol. The van der Waals surface area contributed by atoms with E-state index >= 15 is 0 Å². The van der Waals surface area contributed by atoms with Crippen LogP contribution in [0.1, 0.15) is 39.9 Å². The van der Waals surface area contributed by atoms with Crippen molar-refractivity contribution in [3.8, 4) is 0 Å². The van der Waals surface area contributed by atoms with Crippen molar-refractivity contribution in [1.29, 1.82) is 0 Å². The Hall–Kier alpha value is -1.47. The van der Waals surface area contributed by atoms with Gasteiger partial charge in [0.15, 0.2) is 5.82 Å². The molecule has 1 aromatic heterocycles. The van der Waals surface area contributed by atoms with Crippen LogP contribution in [0.4, 0.5) is 0 Å². The van der Waals surface area contributed by atoms with Crippen LogP contribution in [-0.4, -0.2) is 38.9 Å². The number of carbonyl (C=O) groups is 1. The number of carbonyl (C=O) groups excluding carboxylic acids is 1. The van der Waals surface area contributed by atoms with Crippen molar-refractivity contribution in [2.75, 3.05) is 6.61 Å². The van der Waals surface area contributed by atoms with Gasteiger partial charge in [-0.2, -0.15) is 0 Å². The van der Waals surface area contributed by atoms with Crippen LogP contribution in [0.15, 0.2) is 6.33 Å². The summed E-state index contributed by atoms with van der Waals surface area (Å²) in [5.41, 5.74) is 5.04. The number of hydrogen-bond acceptors (Lipinski definition) is 5. The second-order valence-corrected chi connectivity index (χ2v) is 6.06. The smallest absolute Gasteiger partial charge is 0.241 e. The first-order valence-corrected chi connectivity index (χ1v) is 7.42. The molecular formula is C14H25N5O2. The average molecular weight is 295 g/mol. The van der Waals surface area contributed by atoms with E-state index < -0.39 is 5.54 Å². The Labute approximate surface area is 125 Å². The number of nitrogens with one attached hydrogen (secondary N) is 1. The maximum absolute atomic E-state index is 12.5. The number of nitrogens with zero attached hydrogens (tertiary/aromatic N) is 3. The van der Waals surface area contributed by atoms with Gasteiger partial charge < -0.3 is 20.4 Å². The van der Waals surface area contributed by atoms with Crippen LogP contribution >= 0.6 is 0 Å². The molecule has 0 bridgehead atoms. The first-order valence-electron chi connectivity index (χ1n) is 7.42. The van der Waals surface area contributed by atoms with Crippen molar-refractivity contribution in [3.05, 3.63) is 12.2 Å². The molecule has 2 atom stereocenters. The van der Waals surface area contributed by atoms with Crippen LogP contribution in [0.3, 0.4) is 0 Å². The van der Waals surface area contributed by atoms with E-state index in [1.165, 1.54) is 0 Å². The predicted octanol–water partition coefficient (Wildman–Crippen LogP) is 0.447. The Morgan fingerprint density at radius 2 is 2.29 bits per heavy atom. The number of nitrogens with two attached hydrogens (primary N) is 1. The van der Waals surface area contributed by atoms with Gasteiger partial charge in [0.05, 0.1) is 12.6 Å². The minimum absolute atomic E-state index is 0.0255. The molecule has 7 nitrogen and oxygen atoms in total. The first-order chi connectivity index (χ1) is 9.86. The van der Waals surface area contributed by atoms with E-state index in [1.54, 1.807) is 6.33 Å². The highest BCUT2D eigenvalue weighted by Crippen LogP contribution is 2.49. The molecule has 0 spiro atoms. The van der Waals surface area contributed by atoms with Gasteiger partial charge in [0, 0.05) is 25.0 Å². The summed E-state index contributed by atoms with van der Waals surface area (Å²) < 4.78 is 7.53. The summed E-state index contributed by atoms with van der Waals surface area (Å²) in [6, 6.07) is 0. The second kappa shape index (κ2) is 5.73. The summed E-state index contributed by atoms with van der Waals surface area (Å²) in [5.74, 6) is 0.571. The Morgan fingerprint density at radius 1 is 1.57 bits per heavy atom. The van der Waals surface area contributed by atoms with E-state index in [2.05, 4.69) is 15.5 Å². The fourth-order valence-corrected chi connectivity index (χ4v) is 2.82. The lowest BCUT2D eigenvalue weighted by Crippen LogP contribution is -2.75. The summed E-state index contributed by atoms with van der Waals surface area (Å²) in [6.45, 7) is 9.64. The third-order valence-corrected chi connectivity index (χ3v) is 4.68. The number of hydrogen-bond donors (Lipinski definition) is 2.